The Bertz CT molecular complexity index is 401. The summed E-state index contributed by atoms with van der Waals surface area (Å²) in [5, 5.41) is 0. The zero-order chi connectivity index (χ0) is 12.4. The first-order valence-corrected chi connectivity index (χ1v) is 9.71. The highest BCUT2D eigenvalue weighted by molar-refractivity contribution is 9.10. The highest BCUT2D eigenvalue weighted by atomic mass is 79.9. The SMILES string of the molecule is CC[SiH](CC)[C@H]1CCc2c(F)cc(Br)cc2C1. The third kappa shape index (κ3) is 2.82. The quantitative estimate of drug-likeness (QED) is 0.708. The van der Waals surface area contributed by atoms with Gasteiger partial charge in [-0.2, -0.15) is 0 Å². The molecule has 0 bridgehead atoms. The van der Waals surface area contributed by atoms with Crippen molar-refractivity contribution >= 4 is 24.7 Å². The van der Waals surface area contributed by atoms with E-state index in [4.69, 9.17) is 0 Å². The molecule has 0 heterocycles. The van der Waals surface area contributed by atoms with Crippen molar-refractivity contribution in [3.05, 3.63) is 33.5 Å². The lowest BCUT2D eigenvalue weighted by Gasteiger charge is -2.30. The molecule has 94 valence electrons. The van der Waals surface area contributed by atoms with E-state index in [2.05, 4.69) is 35.8 Å². The molecular weight excluding hydrogens is 295 g/mol. The molecule has 0 aliphatic heterocycles. The predicted octanol–water partition coefficient (Wildman–Crippen LogP) is 4.71. The van der Waals surface area contributed by atoms with Crippen LogP contribution in [0.25, 0.3) is 0 Å². The third-order valence-electron chi connectivity index (χ3n) is 4.22. The summed E-state index contributed by atoms with van der Waals surface area (Å²) in [6.45, 7) is 4.66. The lowest BCUT2D eigenvalue weighted by atomic mass is 9.91. The number of fused-ring (bicyclic) bond motifs is 1. The maximum atomic E-state index is 13.8. The molecule has 0 radical (unpaired) electrons. The second-order valence-electron chi connectivity index (χ2n) is 5.10. The summed E-state index contributed by atoms with van der Waals surface area (Å²) in [5.74, 6) is -0.0148. The fourth-order valence-electron chi connectivity index (χ4n) is 3.19. The first-order chi connectivity index (χ1) is 8.15. The molecule has 1 aliphatic rings. The van der Waals surface area contributed by atoms with Gasteiger partial charge in [0.15, 0.2) is 0 Å². The van der Waals surface area contributed by atoms with Gasteiger partial charge >= 0.3 is 0 Å². The molecule has 17 heavy (non-hydrogen) atoms. The van der Waals surface area contributed by atoms with Crippen LogP contribution >= 0.6 is 15.9 Å². The maximum absolute atomic E-state index is 13.8. The standard InChI is InChI=1S/C14H20BrFSi/c1-3-17(4-2)12-5-6-13-10(8-12)7-11(15)9-14(13)16/h7,9,12,17H,3-6,8H2,1-2H3/t12-/m0/s1. The van der Waals surface area contributed by atoms with Gasteiger partial charge < -0.3 is 0 Å². The summed E-state index contributed by atoms with van der Waals surface area (Å²) < 4.78 is 14.7. The van der Waals surface area contributed by atoms with Crippen LogP contribution in [0, 0.1) is 5.82 Å². The Labute approximate surface area is 113 Å². The van der Waals surface area contributed by atoms with Crippen molar-refractivity contribution in [1.82, 2.24) is 0 Å². The largest absolute Gasteiger partial charge is 0.207 e. The summed E-state index contributed by atoms with van der Waals surface area (Å²) in [4.78, 5) is 0. The van der Waals surface area contributed by atoms with Gasteiger partial charge in [-0.25, -0.2) is 4.39 Å². The van der Waals surface area contributed by atoms with Crippen molar-refractivity contribution in [2.45, 2.75) is 50.7 Å². The molecule has 2 rings (SSSR count). The van der Waals surface area contributed by atoms with E-state index in [-0.39, 0.29) is 5.82 Å². The minimum absolute atomic E-state index is 0.0148. The summed E-state index contributed by atoms with van der Waals surface area (Å²) in [5.41, 5.74) is 3.11. The smallest absolute Gasteiger partial charge is 0.127 e. The van der Waals surface area contributed by atoms with Crippen molar-refractivity contribution in [2.24, 2.45) is 0 Å². The van der Waals surface area contributed by atoms with Gasteiger partial charge in [-0.15, -0.1) is 0 Å². The Morgan fingerprint density at radius 1 is 1.35 bits per heavy atom. The Balaban J connectivity index is 2.23. The van der Waals surface area contributed by atoms with E-state index in [1.807, 2.05) is 0 Å². The number of hydrogen-bond donors (Lipinski definition) is 0. The Morgan fingerprint density at radius 3 is 2.71 bits per heavy atom. The molecule has 0 saturated carbocycles. The Hall–Kier alpha value is -0.153. The first-order valence-electron chi connectivity index (χ1n) is 6.62. The van der Waals surface area contributed by atoms with Gasteiger partial charge in [-0.1, -0.05) is 41.9 Å². The number of hydrogen-bond acceptors (Lipinski definition) is 0. The Morgan fingerprint density at radius 2 is 2.06 bits per heavy atom. The number of rotatable bonds is 3. The monoisotopic (exact) mass is 314 g/mol. The molecule has 0 nitrogen and oxygen atoms in total. The van der Waals surface area contributed by atoms with E-state index < -0.39 is 8.80 Å². The van der Waals surface area contributed by atoms with Crippen molar-refractivity contribution < 1.29 is 4.39 Å². The molecule has 3 heteroatoms. The van der Waals surface area contributed by atoms with Crippen LogP contribution in [0.4, 0.5) is 4.39 Å². The highest BCUT2D eigenvalue weighted by Crippen LogP contribution is 2.36. The zero-order valence-corrected chi connectivity index (χ0v) is 13.3. The molecule has 0 spiro atoms. The first kappa shape index (κ1) is 13.3. The van der Waals surface area contributed by atoms with Gasteiger partial charge in [0.05, 0.1) is 0 Å². The third-order valence-corrected chi connectivity index (χ3v) is 8.67. The summed E-state index contributed by atoms with van der Waals surface area (Å²) in [7, 11) is -0.601. The molecule has 1 aliphatic carbocycles. The minimum Gasteiger partial charge on any atom is -0.207 e. The number of benzene rings is 1. The van der Waals surface area contributed by atoms with Gasteiger partial charge in [0.2, 0.25) is 0 Å². The fourth-order valence-corrected chi connectivity index (χ4v) is 6.80. The number of halogens is 2. The molecule has 0 unspecified atom stereocenters. The summed E-state index contributed by atoms with van der Waals surface area (Å²) in [6.07, 6.45) is 3.27. The van der Waals surface area contributed by atoms with Gasteiger partial charge in [-0.3, -0.25) is 0 Å². The lowest BCUT2D eigenvalue weighted by Crippen LogP contribution is -2.25. The second kappa shape index (κ2) is 5.66. The molecule has 1 aromatic rings. The van der Waals surface area contributed by atoms with E-state index in [1.165, 1.54) is 24.1 Å². The molecule has 0 fully saturated rings. The molecule has 0 N–H and O–H groups in total. The highest BCUT2D eigenvalue weighted by Gasteiger charge is 2.26. The van der Waals surface area contributed by atoms with Crippen molar-refractivity contribution in [2.75, 3.05) is 0 Å². The van der Waals surface area contributed by atoms with Crippen molar-refractivity contribution in [1.29, 1.82) is 0 Å². The molecular formula is C14H20BrFSi. The van der Waals surface area contributed by atoms with Crippen LogP contribution in [-0.2, 0) is 12.8 Å². The van der Waals surface area contributed by atoms with Crippen LogP contribution in [0.3, 0.4) is 0 Å². The second-order valence-corrected chi connectivity index (χ2v) is 10.1. The lowest BCUT2D eigenvalue weighted by molar-refractivity contribution is 0.573. The topological polar surface area (TPSA) is 0 Å². The van der Waals surface area contributed by atoms with Crippen LogP contribution in [0.1, 0.15) is 31.4 Å². The van der Waals surface area contributed by atoms with E-state index in [1.54, 1.807) is 6.07 Å². The van der Waals surface area contributed by atoms with Gasteiger partial charge in [0.1, 0.15) is 5.82 Å². The summed E-state index contributed by atoms with van der Waals surface area (Å²) >= 11 is 3.40. The zero-order valence-electron chi connectivity index (χ0n) is 10.6. The Kier molecular flexibility index (Phi) is 4.42. The van der Waals surface area contributed by atoms with Crippen LogP contribution in [0.5, 0.6) is 0 Å². The van der Waals surface area contributed by atoms with E-state index in [9.17, 15) is 4.39 Å². The van der Waals surface area contributed by atoms with Crippen LogP contribution in [-0.4, -0.2) is 8.80 Å². The molecule has 1 atom stereocenters. The molecule has 1 aromatic carbocycles. The van der Waals surface area contributed by atoms with Crippen molar-refractivity contribution in [3.8, 4) is 0 Å². The normalized spacial score (nSPS) is 19.5. The molecule has 0 aromatic heterocycles. The van der Waals surface area contributed by atoms with E-state index in [0.717, 1.165) is 28.4 Å². The van der Waals surface area contributed by atoms with Crippen LogP contribution < -0.4 is 0 Å². The van der Waals surface area contributed by atoms with Gasteiger partial charge in [-0.05, 0) is 48.1 Å². The van der Waals surface area contributed by atoms with Crippen LogP contribution in [0.15, 0.2) is 16.6 Å². The fraction of sp³-hybridized carbons (Fsp3) is 0.571. The van der Waals surface area contributed by atoms with Crippen molar-refractivity contribution in [3.63, 3.8) is 0 Å². The van der Waals surface area contributed by atoms with Gasteiger partial charge in [0, 0.05) is 13.3 Å². The maximum Gasteiger partial charge on any atom is 0.127 e. The molecule has 0 saturated heterocycles. The predicted molar refractivity (Wildman–Crippen MR) is 78.0 cm³/mol. The van der Waals surface area contributed by atoms with Crippen LogP contribution in [0.2, 0.25) is 17.6 Å². The summed E-state index contributed by atoms with van der Waals surface area (Å²) in [6, 6.07) is 6.50. The van der Waals surface area contributed by atoms with Gasteiger partial charge in [0.25, 0.3) is 0 Å². The van der Waals surface area contributed by atoms with E-state index >= 15 is 0 Å². The average Bonchev–Trinajstić information content (AvgIpc) is 2.30. The molecule has 0 amide bonds. The minimum atomic E-state index is -0.601. The average molecular weight is 315 g/mol. The van der Waals surface area contributed by atoms with E-state index in [0.29, 0.717) is 0 Å².